The van der Waals surface area contributed by atoms with Crippen molar-refractivity contribution in [2.24, 2.45) is 0 Å². The molecular formula is C12H21BrO2Si. The van der Waals surface area contributed by atoms with Gasteiger partial charge in [0.25, 0.3) is 0 Å². The maximum absolute atomic E-state index is 6.38. The zero-order valence-corrected chi connectivity index (χ0v) is 13.2. The highest BCUT2D eigenvalue weighted by Gasteiger charge is 2.50. The Morgan fingerprint density at radius 1 is 1.25 bits per heavy atom. The van der Waals surface area contributed by atoms with E-state index in [9.17, 15) is 0 Å². The van der Waals surface area contributed by atoms with E-state index in [0.29, 0.717) is 17.0 Å². The standard InChI is InChI=1S/C12H21BrO2Si/c1-12(2,3)16(4,5)15-8-6-7-9-11(14-9)10(8)13/h6-11H,1-5H3/t8-,9-,10+,11-/m0/s1. The van der Waals surface area contributed by atoms with Crippen LogP contribution in [0.1, 0.15) is 20.8 Å². The van der Waals surface area contributed by atoms with E-state index >= 15 is 0 Å². The lowest BCUT2D eigenvalue weighted by Crippen LogP contribution is -2.47. The van der Waals surface area contributed by atoms with Gasteiger partial charge in [-0.15, -0.1) is 0 Å². The molecule has 1 aliphatic carbocycles. The van der Waals surface area contributed by atoms with Gasteiger partial charge in [-0.3, -0.25) is 0 Å². The van der Waals surface area contributed by atoms with Crippen molar-refractivity contribution in [3.05, 3.63) is 12.2 Å². The minimum atomic E-state index is -1.68. The first kappa shape index (κ1) is 12.8. The van der Waals surface area contributed by atoms with Gasteiger partial charge in [0.2, 0.25) is 0 Å². The number of hydrogen-bond donors (Lipinski definition) is 0. The van der Waals surface area contributed by atoms with Gasteiger partial charge < -0.3 is 9.16 Å². The van der Waals surface area contributed by atoms with Crippen molar-refractivity contribution in [1.29, 1.82) is 0 Å². The Hall–Kier alpha value is 0.357. The van der Waals surface area contributed by atoms with E-state index in [0.717, 1.165) is 0 Å². The first-order valence-electron chi connectivity index (χ1n) is 5.88. The van der Waals surface area contributed by atoms with Gasteiger partial charge in [-0.25, -0.2) is 0 Å². The van der Waals surface area contributed by atoms with E-state index in [1.54, 1.807) is 0 Å². The lowest BCUT2D eigenvalue weighted by Gasteiger charge is -2.40. The van der Waals surface area contributed by atoms with Crippen LogP contribution in [0, 0.1) is 0 Å². The van der Waals surface area contributed by atoms with Crippen molar-refractivity contribution in [3.8, 4) is 0 Å². The molecule has 1 aliphatic heterocycles. The molecule has 2 aliphatic rings. The molecule has 1 saturated heterocycles. The van der Waals surface area contributed by atoms with Gasteiger partial charge in [-0.2, -0.15) is 0 Å². The summed E-state index contributed by atoms with van der Waals surface area (Å²) >= 11 is 3.70. The molecule has 1 heterocycles. The van der Waals surface area contributed by atoms with Gasteiger partial charge in [0.1, 0.15) is 12.2 Å². The van der Waals surface area contributed by atoms with Crippen LogP contribution >= 0.6 is 15.9 Å². The Kier molecular flexibility index (Phi) is 3.15. The molecule has 0 aromatic heterocycles. The topological polar surface area (TPSA) is 21.8 Å². The predicted octanol–water partition coefficient (Wildman–Crippen LogP) is 3.48. The van der Waals surface area contributed by atoms with Crippen LogP contribution in [0.4, 0.5) is 0 Å². The van der Waals surface area contributed by atoms with Crippen LogP contribution in [-0.4, -0.2) is 31.5 Å². The Bertz CT molecular complexity index is 309. The van der Waals surface area contributed by atoms with Gasteiger partial charge in [0, 0.05) is 0 Å². The van der Waals surface area contributed by atoms with Crippen LogP contribution in [-0.2, 0) is 9.16 Å². The molecule has 4 atom stereocenters. The van der Waals surface area contributed by atoms with Crippen LogP contribution in [0.15, 0.2) is 12.2 Å². The number of epoxide rings is 1. The summed E-state index contributed by atoms with van der Waals surface area (Å²) in [7, 11) is -1.68. The normalized spacial score (nSPS) is 38.4. The molecule has 4 heteroatoms. The molecule has 0 bridgehead atoms. The SMILES string of the molecule is CC(C)(C)[Si](C)(C)O[C@H]1C=C[C@@H]2O[C@@H]2[C@@H]1Br. The molecule has 16 heavy (non-hydrogen) atoms. The zero-order valence-electron chi connectivity index (χ0n) is 10.7. The third-order valence-electron chi connectivity index (χ3n) is 3.92. The van der Waals surface area contributed by atoms with Crippen molar-refractivity contribution in [1.82, 2.24) is 0 Å². The Morgan fingerprint density at radius 3 is 2.44 bits per heavy atom. The summed E-state index contributed by atoms with van der Waals surface area (Å²) < 4.78 is 11.9. The lowest BCUT2D eigenvalue weighted by atomic mass is 10.1. The van der Waals surface area contributed by atoms with E-state index in [1.165, 1.54) is 0 Å². The minimum Gasteiger partial charge on any atom is -0.409 e. The molecule has 0 spiro atoms. The van der Waals surface area contributed by atoms with Crippen molar-refractivity contribution in [3.63, 3.8) is 0 Å². The van der Waals surface area contributed by atoms with Crippen molar-refractivity contribution >= 4 is 24.2 Å². The minimum absolute atomic E-state index is 0.171. The molecule has 92 valence electrons. The van der Waals surface area contributed by atoms with Gasteiger partial charge >= 0.3 is 0 Å². The fraction of sp³-hybridized carbons (Fsp3) is 0.833. The summed E-state index contributed by atoms with van der Waals surface area (Å²) in [6.07, 6.45) is 5.14. The smallest absolute Gasteiger partial charge is 0.192 e. The Balaban J connectivity index is 2.04. The van der Waals surface area contributed by atoms with E-state index in [-0.39, 0.29) is 11.1 Å². The number of hydrogen-bond acceptors (Lipinski definition) is 2. The summed E-state index contributed by atoms with van der Waals surface area (Å²) in [5.41, 5.74) is 0. The third kappa shape index (κ3) is 2.30. The lowest BCUT2D eigenvalue weighted by molar-refractivity contribution is 0.209. The molecule has 1 fully saturated rings. The Morgan fingerprint density at radius 2 is 1.88 bits per heavy atom. The molecule has 0 aromatic carbocycles. The van der Waals surface area contributed by atoms with Crippen molar-refractivity contribution < 1.29 is 9.16 Å². The predicted molar refractivity (Wildman–Crippen MR) is 72.6 cm³/mol. The number of rotatable bonds is 2. The second-order valence-corrected chi connectivity index (χ2v) is 12.1. The van der Waals surface area contributed by atoms with E-state index in [2.05, 4.69) is 61.9 Å². The first-order chi connectivity index (χ1) is 7.22. The van der Waals surface area contributed by atoms with Crippen LogP contribution in [0.2, 0.25) is 18.1 Å². The number of ether oxygens (including phenoxy) is 1. The largest absolute Gasteiger partial charge is 0.409 e. The molecule has 0 unspecified atom stereocenters. The van der Waals surface area contributed by atoms with Gasteiger partial charge in [0.15, 0.2) is 8.32 Å². The van der Waals surface area contributed by atoms with E-state index in [4.69, 9.17) is 9.16 Å². The third-order valence-corrected chi connectivity index (χ3v) is 9.43. The fourth-order valence-corrected chi connectivity index (χ4v) is 3.85. The quantitative estimate of drug-likeness (QED) is 0.337. The average molecular weight is 305 g/mol. The summed E-state index contributed by atoms with van der Waals surface area (Å²) in [5, 5.41) is 0.259. The van der Waals surface area contributed by atoms with Gasteiger partial charge in [-0.1, -0.05) is 48.9 Å². The first-order valence-corrected chi connectivity index (χ1v) is 9.70. The summed E-state index contributed by atoms with van der Waals surface area (Å²) in [6.45, 7) is 11.4. The van der Waals surface area contributed by atoms with Crippen LogP contribution in [0.25, 0.3) is 0 Å². The number of alkyl halides is 1. The summed E-state index contributed by atoms with van der Waals surface area (Å²) in [4.78, 5) is 0.316. The van der Waals surface area contributed by atoms with Crippen LogP contribution < -0.4 is 0 Å². The number of fused-ring (bicyclic) bond motifs is 1. The molecule has 2 nitrogen and oxygen atoms in total. The van der Waals surface area contributed by atoms with Gasteiger partial charge in [-0.05, 0) is 18.1 Å². The molecule has 0 aromatic rings. The van der Waals surface area contributed by atoms with E-state index in [1.807, 2.05) is 0 Å². The monoisotopic (exact) mass is 304 g/mol. The fourth-order valence-electron chi connectivity index (χ4n) is 1.68. The second-order valence-electron chi connectivity index (χ2n) is 6.24. The van der Waals surface area contributed by atoms with Crippen LogP contribution in [0.3, 0.4) is 0 Å². The van der Waals surface area contributed by atoms with Crippen molar-refractivity contribution in [2.75, 3.05) is 0 Å². The average Bonchev–Trinajstić information content (AvgIpc) is 2.87. The maximum Gasteiger partial charge on any atom is 0.192 e. The Labute approximate surface area is 108 Å². The highest BCUT2D eigenvalue weighted by molar-refractivity contribution is 9.09. The van der Waals surface area contributed by atoms with Gasteiger partial charge in [0.05, 0.1) is 10.9 Å². The van der Waals surface area contributed by atoms with E-state index < -0.39 is 8.32 Å². The molecular weight excluding hydrogens is 284 g/mol. The molecule has 0 saturated carbocycles. The zero-order chi connectivity index (χ0) is 12.1. The molecule has 0 N–H and O–H groups in total. The van der Waals surface area contributed by atoms with Crippen LogP contribution in [0.5, 0.6) is 0 Å². The number of halogens is 1. The maximum atomic E-state index is 6.38. The van der Waals surface area contributed by atoms with Crippen molar-refractivity contribution in [2.45, 2.75) is 62.0 Å². The molecule has 2 rings (SSSR count). The highest BCUT2D eigenvalue weighted by Crippen LogP contribution is 2.42. The summed E-state index contributed by atoms with van der Waals surface area (Å²) in [6, 6.07) is 0. The summed E-state index contributed by atoms with van der Waals surface area (Å²) in [5.74, 6) is 0. The second kappa shape index (κ2) is 3.94. The highest BCUT2D eigenvalue weighted by atomic mass is 79.9. The molecule has 0 amide bonds. The molecule has 0 radical (unpaired) electrons.